The molecular formula is C12H14O3. The molecule has 15 heavy (non-hydrogen) atoms. The van der Waals surface area contributed by atoms with E-state index in [2.05, 4.69) is 0 Å². The average molecular weight is 206 g/mol. The molecule has 0 fully saturated rings. The maximum absolute atomic E-state index is 11.0. The summed E-state index contributed by atoms with van der Waals surface area (Å²) < 4.78 is 5.38. The fourth-order valence-electron chi connectivity index (χ4n) is 1.98. The van der Waals surface area contributed by atoms with Crippen molar-refractivity contribution >= 4 is 5.97 Å². The summed E-state index contributed by atoms with van der Waals surface area (Å²) >= 11 is 0. The molecule has 0 bridgehead atoms. The first-order chi connectivity index (χ1) is 7.22. The Kier molecular flexibility index (Phi) is 2.62. The number of carboxylic acid groups (broad SMARTS) is 1. The lowest BCUT2D eigenvalue weighted by Crippen LogP contribution is -2.10. The first-order valence-corrected chi connectivity index (χ1v) is 5.20. The van der Waals surface area contributed by atoms with Gasteiger partial charge < -0.3 is 9.84 Å². The molecule has 0 radical (unpaired) electrons. The average Bonchev–Trinajstić information content (AvgIpc) is 2.65. The highest BCUT2D eigenvalue weighted by atomic mass is 16.5. The highest BCUT2D eigenvalue weighted by Crippen LogP contribution is 2.29. The maximum atomic E-state index is 11.0. The van der Waals surface area contributed by atoms with Crippen molar-refractivity contribution in [1.82, 2.24) is 0 Å². The van der Waals surface area contributed by atoms with Crippen LogP contribution in [0.5, 0.6) is 5.75 Å². The van der Waals surface area contributed by atoms with Crippen LogP contribution in [0.2, 0.25) is 0 Å². The number of benzene rings is 1. The molecule has 1 N–H and O–H groups in total. The van der Waals surface area contributed by atoms with Gasteiger partial charge in [-0.05, 0) is 23.6 Å². The Morgan fingerprint density at radius 1 is 1.60 bits per heavy atom. The molecule has 0 aliphatic carbocycles. The van der Waals surface area contributed by atoms with Crippen LogP contribution >= 0.6 is 0 Å². The van der Waals surface area contributed by atoms with Crippen LogP contribution in [0.25, 0.3) is 0 Å². The Morgan fingerprint density at radius 2 is 2.40 bits per heavy atom. The molecule has 0 saturated carbocycles. The van der Waals surface area contributed by atoms with E-state index in [1.54, 1.807) is 0 Å². The van der Waals surface area contributed by atoms with Gasteiger partial charge in [0.05, 0.1) is 12.5 Å². The topological polar surface area (TPSA) is 46.5 Å². The van der Waals surface area contributed by atoms with E-state index in [0.29, 0.717) is 13.0 Å². The lowest BCUT2D eigenvalue weighted by molar-refractivity contribution is -0.138. The first-order valence-electron chi connectivity index (χ1n) is 5.20. The Bertz CT molecular complexity index is 384. The van der Waals surface area contributed by atoms with E-state index in [0.717, 1.165) is 23.3 Å². The normalized spacial score (nSPS) is 15.5. The summed E-state index contributed by atoms with van der Waals surface area (Å²) in [5.74, 6) is -0.244. The number of fused-ring (bicyclic) bond motifs is 1. The molecule has 1 aliphatic heterocycles. The zero-order valence-corrected chi connectivity index (χ0v) is 8.69. The Labute approximate surface area is 88.7 Å². The van der Waals surface area contributed by atoms with E-state index in [1.807, 2.05) is 25.1 Å². The number of hydrogen-bond acceptors (Lipinski definition) is 2. The van der Waals surface area contributed by atoms with Crippen molar-refractivity contribution in [3.8, 4) is 5.75 Å². The third-order valence-electron chi connectivity index (χ3n) is 2.82. The number of ether oxygens (including phenoxy) is 1. The van der Waals surface area contributed by atoms with E-state index >= 15 is 0 Å². The number of aliphatic carboxylic acids is 1. The van der Waals surface area contributed by atoms with E-state index in [4.69, 9.17) is 9.84 Å². The van der Waals surface area contributed by atoms with Crippen molar-refractivity contribution in [3.05, 3.63) is 29.3 Å². The molecule has 0 aromatic heterocycles. The predicted octanol–water partition coefficient (Wildman–Crippen LogP) is 2.20. The number of carbonyl (C=O) groups is 1. The van der Waals surface area contributed by atoms with Crippen molar-refractivity contribution < 1.29 is 14.6 Å². The Balaban J connectivity index is 2.32. The molecule has 1 aliphatic rings. The van der Waals surface area contributed by atoms with Crippen molar-refractivity contribution in [2.24, 2.45) is 0 Å². The van der Waals surface area contributed by atoms with Gasteiger partial charge in [0.15, 0.2) is 0 Å². The lowest BCUT2D eigenvalue weighted by atomic mass is 9.94. The second kappa shape index (κ2) is 3.93. The van der Waals surface area contributed by atoms with Crippen LogP contribution in [0.15, 0.2) is 18.2 Å². The zero-order chi connectivity index (χ0) is 10.8. The first kappa shape index (κ1) is 10.0. The summed E-state index contributed by atoms with van der Waals surface area (Å²) in [4.78, 5) is 11.0. The van der Waals surface area contributed by atoms with Gasteiger partial charge in [-0.1, -0.05) is 19.1 Å². The summed E-state index contributed by atoms with van der Waals surface area (Å²) in [6.45, 7) is 2.60. The van der Waals surface area contributed by atoms with Crippen molar-refractivity contribution in [1.29, 1.82) is 0 Å². The van der Waals surface area contributed by atoms with E-state index in [-0.39, 0.29) is 0 Å². The summed E-state index contributed by atoms with van der Waals surface area (Å²) in [7, 11) is 0. The van der Waals surface area contributed by atoms with Crippen molar-refractivity contribution in [3.63, 3.8) is 0 Å². The van der Waals surface area contributed by atoms with Crippen LogP contribution < -0.4 is 4.74 Å². The third-order valence-corrected chi connectivity index (χ3v) is 2.82. The minimum absolute atomic E-state index is 0.393. The molecule has 1 heterocycles. The standard InChI is InChI=1S/C12H14O3/c1-2-10(12(13)14)8-3-4-11-9(7-8)5-6-15-11/h3-4,7,10H,2,5-6H2,1H3,(H,13,14). The summed E-state index contributed by atoms with van der Waals surface area (Å²) in [5.41, 5.74) is 2.02. The Hall–Kier alpha value is -1.51. The quantitative estimate of drug-likeness (QED) is 0.824. The van der Waals surface area contributed by atoms with Crippen LogP contribution in [0, 0.1) is 0 Å². The van der Waals surface area contributed by atoms with Gasteiger partial charge in [0.25, 0.3) is 0 Å². The van der Waals surface area contributed by atoms with E-state index in [1.165, 1.54) is 0 Å². The van der Waals surface area contributed by atoms with Gasteiger partial charge in [0.2, 0.25) is 0 Å². The molecule has 2 rings (SSSR count). The highest BCUT2D eigenvalue weighted by molar-refractivity contribution is 5.76. The highest BCUT2D eigenvalue weighted by Gasteiger charge is 2.20. The molecule has 1 aromatic carbocycles. The largest absolute Gasteiger partial charge is 0.493 e. The molecule has 0 amide bonds. The Morgan fingerprint density at radius 3 is 3.07 bits per heavy atom. The number of carboxylic acids is 1. The molecule has 80 valence electrons. The molecule has 1 unspecified atom stereocenters. The smallest absolute Gasteiger partial charge is 0.310 e. The minimum Gasteiger partial charge on any atom is -0.493 e. The number of hydrogen-bond donors (Lipinski definition) is 1. The van der Waals surface area contributed by atoms with Crippen LogP contribution in [0.3, 0.4) is 0 Å². The summed E-state index contributed by atoms with van der Waals surface area (Å²) in [6.07, 6.45) is 1.51. The van der Waals surface area contributed by atoms with Crippen LogP contribution in [0.4, 0.5) is 0 Å². The van der Waals surface area contributed by atoms with Gasteiger partial charge in [-0.2, -0.15) is 0 Å². The molecular weight excluding hydrogens is 192 g/mol. The predicted molar refractivity (Wildman–Crippen MR) is 56.3 cm³/mol. The fourth-order valence-corrected chi connectivity index (χ4v) is 1.98. The van der Waals surface area contributed by atoms with Crippen LogP contribution in [-0.2, 0) is 11.2 Å². The van der Waals surface area contributed by atoms with E-state index in [9.17, 15) is 4.79 Å². The van der Waals surface area contributed by atoms with Gasteiger partial charge >= 0.3 is 5.97 Å². The third kappa shape index (κ3) is 1.82. The second-order valence-corrected chi connectivity index (χ2v) is 3.76. The fraction of sp³-hybridized carbons (Fsp3) is 0.417. The van der Waals surface area contributed by atoms with Crippen molar-refractivity contribution in [2.45, 2.75) is 25.7 Å². The number of rotatable bonds is 3. The van der Waals surface area contributed by atoms with Gasteiger partial charge in [-0.3, -0.25) is 4.79 Å². The molecule has 1 atom stereocenters. The van der Waals surface area contributed by atoms with Gasteiger partial charge in [0, 0.05) is 6.42 Å². The van der Waals surface area contributed by atoms with Crippen LogP contribution in [-0.4, -0.2) is 17.7 Å². The zero-order valence-electron chi connectivity index (χ0n) is 8.69. The molecule has 3 heteroatoms. The van der Waals surface area contributed by atoms with Gasteiger partial charge in [-0.15, -0.1) is 0 Å². The lowest BCUT2D eigenvalue weighted by Gasteiger charge is -2.11. The van der Waals surface area contributed by atoms with Gasteiger partial charge in [0.1, 0.15) is 5.75 Å². The molecule has 0 spiro atoms. The molecule has 1 aromatic rings. The summed E-state index contributed by atoms with van der Waals surface area (Å²) in [6, 6.07) is 5.69. The van der Waals surface area contributed by atoms with Gasteiger partial charge in [-0.25, -0.2) is 0 Å². The summed E-state index contributed by atoms with van der Waals surface area (Å²) in [5, 5.41) is 9.04. The SMILES string of the molecule is CCC(C(=O)O)c1ccc2c(c1)CCO2. The molecule has 0 saturated heterocycles. The molecule has 3 nitrogen and oxygen atoms in total. The monoisotopic (exact) mass is 206 g/mol. The minimum atomic E-state index is -0.753. The van der Waals surface area contributed by atoms with Crippen LogP contribution in [0.1, 0.15) is 30.4 Å². The van der Waals surface area contributed by atoms with E-state index < -0.39 is 11.9 Å². The maximum Gasteiger partial charge on any atom is 0.310 e. The van der Waals surface area contributed by atoms with Crippen molar-refractivity contribution in [2.75, 3.05) is 6.61 Å². The second-order valence-electron chi connectivity index (χ2n) is 3.76.